The van der Waals surface area contributed by atoms with Crippen LogP contribution >= 0.6 is 0 Å². The number of anilines is 2. The zero-order chi connectivity index (χ0) is 22.2. The average molecular weight is 432 g/mol. The van der Waals surface area contributed by atoms with Crippen LogP contribution in [0.2, 0.25) is 0 Å². The molecule has 4 rings (SSSR count). The molecule has 1 aromatic carbocycles. The topological polar surface area (TPSA) is 65.5 Å². The molecule has 9 heteroatoms. The number of carbonyl (C=O) groups excluding carboxylic acids is 2. The molecule has 1 fully saturated rings. The van der Waals surface area contributed by atoms with Crippen LogP contribution in [0.5, 0.6) is 0 Å². The molecule has 0 radical (unpaired) electrons. The summed E-state index contributed by atoms with van der Waals surface area (Å²) < 4.78 is 41.2. The van der Waals surface area contributed by atoms with Crippen LogP contribution in [0.15, 0.2) is 30.5 Å². The van der Waals surface area contributed by atoms with Crippen molar-refractivity contribution in [3.05, 3.63) is 53.0 Å². The van der Waals surface area contributed by atoms with Crippen molar-refractivity contribution in [1.29, 1.82) is 0 Å². The highest BCUT2D eigenvalue weighted by Crippen LogP contribution is 2.34. The fraction of sp³-hybridized carbons (Fsp3) is 0.409. The number of rotatable bonds is 3. The molecule has 31 heavy (non-hydrogen) atoms. The number of aryl methyl sites for hydroxylation is 1. The van der Waals surface area contributed by atoms with Gasteiger partial charge in [-0.3, -0.25) is 9.59 Å². The second-order valence-corrected chi connectivity index (χ2v) is 7.85. The Labute approximate surface area is 178 Å². The van der Waals surface area contributed by atoms with Crippen LogP contribution in [0, 0.1) is 5.82 Å². The minimum atomic E-state index is -2.71. The van der Waals surface area contributed by atoms with E-state index in [2.05, 4.69) is 10.3 Å². The quantitative estimate of drug-likeness (QED) is 0.806. The van der Waals surface area contributed by atoms with Gasteiger partial charge in [0, 0.05) is 51.4 Å². The van der Waals surface area contributed by atoms with E-state index in [0.29, 0.717) is 30.0 Å². The Balaban J connectivity index is 1.57. The molecule has 164 valence electrons. The van der Waals surface area contributed by atoms with Gasteiger partial charge < -0.3 is 15.1 Å². The van der Waals surface area contributed by atoms with Crippen LogP contribution in [-0.4, -0.2) is 54.3 Å². The first-order valence-corrected chi connectivity index (χ1v) is 10.2. The van der Waals surface area contributed by atoms with E-state index in [9.17, 15) is 22.8 Å². The lowest BCUT2D eigenvalue weighted by molar-refractivity contribution is -0.0494. The molecule has 2 aliphatic rings. The van der Waals surface area contributed by atoms with E-state index in [-0.39, 0.29) is 37.4 Å². The van der Waals surface area contributed by atoms with E-state index in [1.165, 1.54) is 30.3 Å². The summed E-state index contributed by atoms with van der Waals surface area (Å²) in [5.74, 6) is -3.52. The number of nitrogens with one attached hydrogen (secondary N) is 1. The molecule has 2 aliphatic heterocycles. The van der Waals surface area contributed by atoms with E-state index in [1.807, 2.05) is 4.90 Å². The number of pyridine rings is 1. The lowest BCUT2D eigenvalue weighted by Crippen LogP contribution is -2.42. The average Bonchev–Trinajstić information content (AvgIpc) is 2.77. The summed E-state index contributed by atoms with van der Waals surface area (Å²) in [4.78, 5) is 32.2. The minimum Gasteiger partial charge on any atom is -0.355 e. The predicted molar refractivity (Wildman–Crippen MR) is 109 cm³/mol. The van der Waals surface area contributed by atoms with E-state index >= 15 is 0 Å². The SMILES string of the molecule is CNC(=O)c1ccc(N2CCCc3cc(C(=O)N4CCC(F)(F)CC4)cnc32)cc1F. The number of piperidine rings is 1. The molecule has 1 aromatic heterocycles. The van der Waals surface area contributed by atoms with Crippen molar-refractivity contribution in [2.24, 2.45) is 0 Å². The third kappa shape index (κ3) is 4.22. The smallest absolute Gasteiger partial charge is 0.255 e. The summed E-state index contributed by atoms with van der Waals surface area (Å²) in [6.45, 7) is 0.658. The Bertz CT molecular complexity index is 1020. The maximum Gasteiger partial charge on any atom is 0.255 e. The van der Waals surface area contributed by atoms with Crippen LogP contribution in [0.4, 0.5) is 24.7 Å². The van der Waals surface area contributed by atoms with Gasteiger partial charge in [-0.25, -0.2) is 18.2 Å². The highest BCUT2D eigenvalue weighted by Gasteiger charge is 2.36. The van der Waals surface area contributed by atoms with Gasteiger partial charge in [0.2, 0.25) is 0 Å². The molecule has 0 saturated carbocycles. The van der Waals surface area contributed by atoms with E-state index in [1.54, 1.807) is 12.1 Å². The third-order valence-corrected chi connectivity index (χ3v) is 5.79. The molecular formula is C22H23F3N4O2. The third-order valence-electron chi connectivity index (χ3n) is 5.79. The first kappa shape index (κ1) is 21.1. The molecule has 3 heterocycles. The number of halogens is 3. The fourth-order valence-corrected chi connectivity index (χ4v) is 4.04. The van der Waals surface area contributed by atoms with Gasteiger partial charge in [0.05, 0.1) is 11.1 Å². The van der Waals surface area contributed by atoms with Gasteiger partial charge in [-0.2, -0.15) is 0 Å². The molecule has 0 bridgehead atoms. The standard InChI is InChI=1S/C22H23F3N4O2/c1-26-20(30)17-5-4-16(12-18(17)23)29-8-2-3-14-11-15(13-27-19(14)29)21(31)28-9-6-22(24,25)7-10-28/h4-5,11-13H,2-3,6-10H2,1H3,(H,26,30). The van der Waals surface area contributed by atoms with Crippen molar-refractivity contribution in [2.75, 3.05) is 31.6 Å². The number of hydrogen-bond acceptors (Lipinski definition) is 4. The summed E-state index contributed by atoms with van der Waals surface area (Å²) >= 11 is 0. The van der Waals surface area contributed by atoms with Gasteiger partial charge in [0.25, 0.3) is 17.7 Å². The Morgan fingerprint density at radius 1 is 1.13 bits per heavy atom. The van der Waals surface area contributed by atoms with Gasteiger partial charge >= 0.3 is 0 Å². The van der Waals surface area contributed by atoms with E-state index < -0.39 is 17.6 Å². The summed E-state index contributed by atoms with van der Waals surface area (Å²) in [7, 11) is 1.44. The number of carbonyl (C=O) groups is 2. The lowest BCUT2D eigenvalue weighted by atomic mass is 10.0. The number of alkyl halides is 2. The van der Waals surface area contributed by atoms with Gasteiger partial charge in [-0.1, -0.05) is 0 Å². The maximum absolute atomic E-state index is 14.4. The van der Waals surface area contributed by atoms with Gasteiger partial charge in [0.1, 0.15) is 11.6 Å². The number of aromatic nitrogens is 1. The number of amides is 2. The lowest BCUT2D eigenvalue weighted by Gasteiger charge is -2.33. The molecule has 6 nitrogen and oxygen atoms in total. The summed E-state index contributed by atoms with van der Waals surface area (Å²) in [5.41, 5.74) is 1.74. The van der Waals surface area contributed by atoms with E-state index in [4.69, 9.17) is 0 Å². The summed E-state index contributed by atoms with van der Waals surface area (Å²) in [5, 5.41) is 2.40. The summed E-state index contributed by atoms with van der Waals surface area (Å²) in [6.07, 6.45) is 2.27. The van der Waals surface area contributed by atoms with Crippen LogP contribution in [0.1, 0.15) is 45.5 Å². The molecule has 2 aromatic rings. The van der Waals surface area contributed by atoms with Crippen molar-refractivity contribution >= 4 is 23.3 Å². The Morgan fingerprint density at radius 2 is 1.87 bits per heavy atom. The van der Waals surface area contributed by atoms with Crippen molar-refractivity contribution < 1.29 is 22.8 Å². The van der Waals surface area contributed by atoms with Gasteiger partial charge in [-0.05, 0) is 42.7 Å². The van der Waals surface area contributed by atoms with Crippen LogP contribution < -0.4 is 10.2 Å². The Kier molecular flexibility index (Phi) is 5.60. The molecule has 2 amide bonds. The highest BCUT2D eigenvalue weighted by molar-refractivity contribution is 5.95. The first-order chi connectivity index (χ1) is 14.8. The zero-order valence-corrected chi connectivity index (χ0v) is 17.1. The summed E-state index contributed by atoms with van der Waals surface area (Å²) in [6, 6.07) is 6.15. The van der Waals surface area contributed by atoms with Crippen molar-refractivity contribution in [3.63, 3.8) is 0 Å². The van der Waals surface area contributed by atoms with Gasteiger partial charge in [0.15, 0.2) is 0 Å². The number of nitrogens with zero attached hydrogens (tertiary/aromatic N) is 3. The number of likely N-dealkylation sites (tertiary alicyclic amines) is 1. The molecule has 1 saturated heterocycles. The number of benzene rings is 1. The second kappa shape index (κ2) is 8.20. The second-order valence-electron chi connectivity index (χ2n) is 7.85. The van der Waals surface area contributed by atoms with Gasteiger partial charge in [-0.15, -0.1) is 0 Å². The maximum atomic E-state index is 14.4. The normalized spacial score (nSPS) is 17.8. The molecular weight excluding hydrogens is 409 g/mol. The Morgan fingerprint density at radius 3 is 2.55 bits per heavy atom. The fourth-order valence-electron chi connectivity index (χ4n) is 4.04. The molecule has 0 spiro atoms. The number of fused-ring (bicyclic) bond motifs is 1. The molecule has 0 unspecified atom stereocenters. The largest absolute Gasteiger partial charge is 0.355 e. The van der Waals surface area contributed by atoms with Crippen molar-refractivity contribution in [1.82, 2.24) is 15.2 Å². The monoisotopic (exact) mass is 432 g/mol. The van der Waals surface area contributed by atoms with E-state index in [0.717, 1.165) is 12.0 Å². The molecule has 0 aliphatic carbocycles. The van der Waals surface area contributed by atoms with Crippen molar-refractivity contribution in [2.45, 2.75) is 31.6 Å². The van der Waals surface area contributed by atoms with Crippen LogP contribution in [0.25, 0.3) is 0 Å². The van der Waals surface area contributed by atoms with Crippen LogP contribution in [-0.2, 0) is 6.42 Å². The van der Waals surface area contributed by atoms with Crippen LogP contribution in [0.3, 0.4) is 0 Å². The highest BCUT2D eigenvalue weighted by atomic mass is 19.3. The Hall–Kier alpha value is -3.10. The first-order valence-electron chi connectivity index (χ1n) is 10.2. The number of hydrogen-bond donors (Lipinski definition) is 1. The minimum absolute atomic E-state index is 0.0198. The zero-order valence-electron chi connectivity index (χ0n) is 17.1. The van der Waals surface area contributed by atoms with Crippen molar-refractivity contribution in [3.8, 4) is 0 Å². The molecule has 1 N–H and O–H groups in total. The predicted octanol–water partition coefficient (Wildman–Crippen LogP) is 3.54. The molecule has 0 atom stereocenters.